The number of ether oxygens (including phenoxy) is 1. The van der Waals surface area contributed by atoms with E-state index in [4.69, 9.17) is 9.84 Å². The molecule has 25 heavy (non-hydrogen) atoms. The highest BCUT2D eigenvalue weighted by atomic mass is 16.6. The highest BCUT2D eigenvalue weighted by Gasteiger charge is 2.15. The van der Waals surface area contributed by atoms with Gasteiger partial charge in [0, 0.05) is 6.42 Å². The lowest BCUT2D eigenvalue weighted by molar-refractivity contribution is -0.184. The molecule has 0 radical (unpaired) electrons. The Hall–Kier alpha value is -0.610. The van der Waals surface area contributed by atoms with E-state index in [2.05, 4.69) is 13.8 Å². The molecule has 2 N–H and O–H groups in total. The fourth-order valence-corrected chi connectivity index (χ4v) is 2.88. The lowest BCUT2D eigenvalue weighted by atomic mass is 10.0. The van der Waals surface area contributed by atoms with Crippen LogP contribution in [0.1, 0.15) is 111 Å². The first-order chi connectivity index (χ1) is 11.9. The maximum Gasteiger partial charge on any atom is 0.308 e. The van der Waals surface area contributed by atoms with Crippen LogP contribution in [-0.2, 0) is 9.53 Å². The highest BCUT2D eigenvalue weighted by molar-refractivity contribution is 5.69. The van der Waals surface area contributed by atoms with E-state index in [1.807, 2.05) is 0 Å². The normalized spacial score (nSPS) is 13.8. The smallest absolute Gasteiger partial charge is 0.308 e. The number of aliphatic hydroxyl groups excluding tert-OH is 2. The largest absolute Gasteiger partial charge is 0.433 e. The summed E-state index contributed by atoms with van der Waals surface area (Å²) in [7, 11) is 0. The number of hydrogen-bond acceptors (Lipinski definition) is 4. The molecule has 0 aromatic heterocycles. The average Bonchev–Trinajstić information content (AvgIpc) is 2.54. The average molecular weight is 359 g/mol. The Balaban J connectivity index is 3.20. The fourth-order valence-electron chi connectivity index (χ4n) is 2.88. The van der Waals surface area contributed by atoms with Gasteiger partial charge in [0.1, 0.15) is 6.10 Å². The van der Waals surface area contributed by atoms with Gasteiger partial charge in [-0.2, -0.15) is 0 Å². The predicted molar refractivity (Wildman–Crippen MR) is 103 cm³/mol. The van der Waals surface area contributed by atoms with Crippen LogP contribution in [0.4, 0.5) is 0 Å². The molecule has 0 saturated heterocycles. The van der Waals surface area contributed by atoms with Crippen LogP contribution in [0.5, 0.6) is 0 Å². The number of rotatable bonds is 17. The van der Waals surface area contributed by atoms with Crippen molar-refractivity contribution < 1.29 is 19.7 Å². The maximum atomic E-state index is 11.4. The molecule has 0 bridgehead atoms. The molecule has 0 aliphatic heterocycles. The van der Waals surface area contributed by atoms with Crippen molar-refractivity contribution in [2.75, 3.05) is 0 Å². The number of hydrogen-bond donors (Lipinski definition) is 2. The van der Waals surface area contributed by atoms with E-state index in [9.17, 15) is 9.90 Å². The number of aliphatic hydroxyl groups is 2. The molecule has 0 heterocycles. The molecule has 0 saturated carbocycles. The quantitative estimate of drug-likeness (QED) is 0.209. The number of carbonyl (C=O) groups excluding carboxylic acids is 1. The van der Waals surface area contributed by atoms with Crippen molar-refractivity contribution >= 4 is 5.97 Å². The Morgan fingerprint density at radius 2 is 1.12 bits per heavy atom. The Labute approximate surface area is 155 Å². The van der Waals surface area contributed by atoms with Crippen molar-refractivity contribution in [3.8, 4) is 0 Å². The Bertz CT molecular complexity index is 302. The van der Waals surface area contributed by atoms with Gasteiger partial charge in [0.15, 0.2) is 0 Å². The van der Waals surface area contributed by atoms with Crippen LogP contribution in [0.2, 0.25) is 0 Å². The maximum absolute atomic E-state index is 11.4. The third kappa shape index (κ3) is 18.0. The molecule has 0 aromatic carbocycles. The summed E-state index contributed by atoms with van der Waals surface area (Å²) in [6.45, 7) is 5.99. The lowest BCUT2D eigenvalue weighted by Gasteiger charge is -2.14. The lowest BCUT2D eigenvalue weighted by Crippen LogP contribution is -2.28. The van der Waals surface area contributed by atoms with Gasteiger partial charge in [0.25, 0.3) is 0 Å². The Kier molecular flexibility index (Phi) is 16.4. The number of esters is 1. The van der Waals surface area contributed by atoms with E-state index in [1.54, 1.807) is 0 Å². The van der Waals surface area contributed by atoms with Crippen molar-refractivity contribution in [1.29, 1.82) is 0 Å². The fraction of sp³-hybridized carbons (Fsp3) is 0.952. The zero-order valence-electron chi connectivity index (χ0n) is 16.8. The van der Waals surface area contributed by atoms with Gasteiger partial charge in [-0.25, -0.2) is 0 Å². The summed E-state index contributed by atoms with van der Waals surface area (Å²) in [6, 6.07) is 0. The molecule has 150 valence electrons. The summed E-state index contributed by atoms with van der Waals surface area (Å²) in [5.41, 5.74) is 0. The van der Waals surface area contributed by atoms with Crippen LogP contribution < -0.4 is 0 Å². The van der Waals surface area contributed by atoms with E-state index < -0.39 is 18.4 Å². The molecule has 0 fully saturated rings. The third-order valence-corrected chi connectivity index (χ3v) is 4.58. The molecular formula is C21H42O4. The second kappa shape index (κ2) is 16.8. The topological polar surface area (TPSA) is 66.8 Å². The van der Waals surface area contributed by atoms with E-state index in [1.165, 1.54) is 71.1 Å². The molecule has 4 nitrogen and oxygen atoms in total. The molecule has 2 unspecified atom stereocenters. The van der Waals surface area contributed by atoms with Crippen molar-refractivity contribution in [1.82, 2.24) is 0 Å². The zero-order chi connectivity index (χ0) is 18.9. The molecular weight excluding hydrogens is 316 g/mol. The van der Waals surface area contributed by atoms with Crippen LogP contribution >= 0.6 is 0 Å². The van der Waals surface area contributed by atoms with Gasteiger partial charge in [-0.1, -0.05) is 90.9 Å². The second-order valence-corrected chi connectivity index (χ2v) is 7.80. The van der Waals surface area contributed by atoms with Gasteiger partial charge >= 0.3 is 5.97 Å². The zero-order valence-corrected chi connectivity index (χ0v) is 16.8. The first-order valence-electron chi connectivity index (χ1n) is 10.5. The van der Waals surface area contributed by atoms with E-state index in [0.29, 0.717) is 6.42 Å². The van der Waals surface area contributed by atoms with Crippen LogP contribution in [0.15, 0.2) is 0 Å². The van der Waals surface area contributed by atoms with Crippen molar-refractivity contribution in [3.05, 3.63) is 0 Å². The SMILES string of the molecule is CC(C)CCCCCCCCCCCCCCC(=O)OC(O)C(C)O. The number of unbranched alkanes of at least 4 members (excludes halogenated alkanes) is 11. The molecule has 0 aliphatic carbocycles. The minimum atomic E-state index is -1.40. The second-order valence-electron chi connectivity index (χ2n) is 7.80. The van der Waals surface area contributed by atoms with E-state index >= 15 is 0 Å². The standard InChI is InChI=1S/C21H42O4/c1-18(2)16-14-12-10-8-6-4-5-7-9-11-13-15-17-20(23)25-21(24)19(3)22/h18-19,21-22,24H,4-17H2,1-3H3. The van der Waals surface area contributed by atoms with Crippen LogP contribution in [-0.4, -0.2) is 28.6 Å². The first-order valence-corrected chi connectivity index (χ1v) is 10.5. The van der Waals surface area contributed by atoms with Gasteiger partial charge in [-0.3, -0.25) is 4.79 Å². The molecule has 4 heteroatoms. The molecule has 0 rings (SSSR count). The molecule has 0 aliphatic rings. The molecule has 2 atom stereocenters. The van der Waals surface area contributed by atoms with Gasteiger partial charge in [0.05, 0.1) is 0 Å². The summed E-state index contributed by atoms with van der Waals surface area (Å²) >= 11 is 0. The minimum Gasteiger partial charge on any atom is -0.433 e. The van der Waals surface area contributed by atoms with Crippen molar-refractivity contribution in [2.45, 2.75) is 123 Å². The highest BCUT2D eigenvalue weighted by Crippen LogP contribution is 2.14. The molecule has 0 aromatic rings. The van der Waals surface area contributed by atoms with Crippen LogP contribution in [0.25, 0.3) is 0 Å². The summed E-state index contributed by atoms with van der Waals surface area (Å²) in [5.74, 6) is 0.420. The summed E-state index contributed by atoms with van der Waals surface area (Å²) in [6.07, 6.45) is 14.4. The molecule has 0 spiro atoms. The van der Waals surface area contributed by atoms with E-state index in [0.717, 1.165) is 25.2 Å². The van der Waals surface area contributed by atoms with Crippen molar-refractivity contribution in [2.24, 2.45) is 5.92 Å². The predicted octanol–water partition coefficient (Wildman–Crippen LogP) is 5.35. The monoisotopic (exact) mass is 358 g/mol. The summed E-state index contributed by atoms with van der Waals surface area (Å²) in [5, 5.41) is 18.3. The Morgan fingerprint density at radius 1 is 0.720 bits per heavy atom. The summed E-state index contributed by atoms with van der Waals surface area (Å²) in [4.78, 5) is 11.4. The van der Waals surface area contributed by atoms with E-state index in [-0.39, 0.29) is 0 Å². The van der Waals surface area contributed by atoms with Crippen LogP contribution in [0.3, 0.4) is 0 Å². The summed E-state index contributed by atoms with van der Waals surface area (Å²) < 4.78 is 4.70. The van der Waals surface area contributed by atoms with Gasteiger partial charge < -0.3 is 14.9 Å². The molecule has 0 amide bonds. The minimum absolute atomic E-state index is 0.320. The van der Waals surface area contributed by atoms with Gasteiger partial charge in [-0.15, -0.1) is 0 Å². The van der Waals surface area contributed by atoms with Gasteiger partial charge in [-0.05, 0) is 19.3 Å². The first kappa shape index (κ1) is 24.4. The number of carbonyl (C=O) groups is 1. The van der Waals surface area contributed by atoms with Crippen molar-refractivity contribution in [3.63, 3.8) is 0 Å². The van der Waals surface area contributed by atoms with Crippen LogP contribution in [0, 0.1) is 5.92 Å². The Morgan fingerprint density at radius 3 is 1.52 bits per heavy atom. The van der Waals surface area contributed by atoms with Gasteiger partial charge in [0.2, 0.25) is 6.29 Å². The third-order valence-electron chi connectivity index (χ3n) is 4.58.